The summed E-state index contributed by atoms with van der Waals surface area (Å²) in [6.07, 6.45) is 1.65. The van der Waals surface area contributed by atoms with Crippen LogP contribution in [0.4, 0.5) is 0 Å². The second kappa shape index (κ2) is 7.01. The van der Waals surface area contributed by atoms with Crippen molar-refractivity contribution < 1.29 is 0 Å². The predicted molar refractivity (Wildman–Crippen MR) is 69.6 cm³/mol. The third kappa shape index (κ3) is 4.22. The van der Waals surface area contributed by atoms with Gasteiger partial charge in [-0.1, -0.05) is 36.7 Å². The Bertz CT molecular complexity index is 298. The van der Waals surface area contributed by atoms with Gasteiger partial charge < -0.3 is 0 Å². The van der Waals surface area contributed by atoms with Crippen molar-refractivity contribution in [3.63, 3.8) is 0 Å². The number of alkyl halides is 1. The molecule has 1 rings (SSSR count). The maximum absolute atomic E-state index is 4.33. The topological polar surface area (TPSA) is 34.0 Å². The summed E-state index contributed by atoms with van der Waals surface area (Å²) in [5, 5.41) is 5.27. The molecular weight excluding hydrogens is 268 g/mol. The molecule has 0 N–H and O–H groups in total. The molecule has 0 aliphatic heterocycles. The van der Waals surface area contributed by atoms with E-state index in [0.29, 0.717) is 5.92 Å². The summed E-state index contributed by atoms with van der Waals surface area (Å²) < 4.78 is 2.02. The van der Waals surface area contributed by atoms with E-state index in [1.165, 1.54) is 0 Å². The second-order valence-corrected chi connectivity index (χ2v) is 5.10. The van der Waals surface area contributed by atoms with Crippen LogP contribution < -0.4 is 0 Å². The molecule has 0 unspecified atom stereocenters. The maximum atomic E-state index is 4.33. The molecular formula is C11H21BrN4. The van der Waals surface area contributed by atoms with Crippen molar-refractivity contribution in [1.29, 1.82) is 0 Å². The van der Waals surface area contributed by atoms with E-state index < -0.39 is 0 Å². The fourth-order valence-electron chi connectivity index (χ4n) is 1.58. The van der Waals surface area contributed by atoms with Gasteiger partial charge in [0.2, 0.25) is 0 Å². The van der Waals surface area contributed by atoms with Crippen LogP contribution in [0, 0.1) is 5.92 Å². The predicted octanol–water partition coefficient (Wildman–Crippen LogP) is 2.15. The summed E-state index contributed by atoms with van der Waals surface area (Å²) in [6.45, 7) is 10.5. The molecule has 5 heteroatoms. The highest BCUT2D eigenvalue weighted by Crippen LogP contribution is 2.05. The smallest absolute Gasteiger partial charge is 0.141 e. The SMILES string of the molecule is CCN(CCBr)Cc1ncnn1CC(C)C. The Balaban J connectivity index is 2.61. The first-order valence-electron chi connectivity index (χ1n) is 5.82. The zero-order valence-corrected chi connectivity index (χ0v) is 11.9. The highest BCUT2D eigenvalue weighted by atomic mass is 79.9. The molecule has 0 aliphatic carbocycles. The van der Waals surface area contributed by atoms with Gasteiger partial charge in [0, 0.05) is 18.4 Å². The Morgan fingerprint density at radius 3 is 2.81 bits per heavy atom. The van der Waals surface area contributed by atoms with Crippen LogP contribution in [0.1, 0.15) is 26.6 Å². The Kier molecular flexibility index (Phi) is 5.98. The van der Waals surface area contributed by atoms with Crippen molar-refractivity contribution in [2.45, 2.75) is 33.9 Å². The molecule has 0 amide bonds. The number of hydrogen-bond donors (Lipinski definition) is 0. The van der Waals surface area contributed by atoms with E-state index in [1.807, 2.05) is 4.68 Å². The fraction of sp³-hybridized carbons (Fsp3) is 0.818. The molecule has 0 spiro atoms. The summed E-state index contributed by atoms with van der Waals surface area (Å²) in [6, 6.07) is 0. The lowest BCUT2D eigenvalue weighted by Gasteiger charge is -2.19. The van der Waals surface area contributed by atoms with Crippen molar-refractivity contribution >= 4 is 15.9 Å². The van der Waals surface area contributed by atoms with Gasteiger partial charge in [-0.2, -0.15) is 5.10 Å². The van der Waals surface area contributed by atoms with E-state index in [-0.39, 0.29) is 0 Å². The van der Waals surface area contributed by atoms with Crippen LogP contribution in [0.5, 0.6) is 0 Å². The zero-order chi connectivity index (χ0) is 12.0. The quantitative estimate of drug-likeness (QED) is 0.721. The van der Waals surface area contributed by atoms with Gasteiger partial charge in [0.05, 0.1) is 6.54 Å². The van der Waals surface area contributed by atoms with Crippen LogP contribution in [0.15, 0.2) is 6.33 Å². The molecule has 0 atom stereocenters. The zero-order valence-electron chi connectivity index (χ0n) is 10.4. The molecule has 0 aromatic carbocycles. The van der Waals surface area contributed by atoms with Gasteiger partial charge in [0.15, 0.2) is 0 Å². The molecule has 0 saturated carbocycles. The minimum absolute atomic E-state index is 0.603. The van der Waals surface area contributed by atoms with Crippen LogP contribution in [0.25, 0.3) is 0 Å². The standard InChI is InChI=1S/C11H21BrN4/c1-4-15(6-5-12)8-11-13-9-14-16(11)7-10(2)3/h9-10H,4-8H2,1-3H3. The van der Waals surface area contributed by atoms with Crippen LogP contribution in [-0.4, -0.2) is 38.1 Å². The third-order valence-corrected chi connectivity index (χ3v) is 2.80. The lowest BCUT2D eigenvalue weighted by Crippen LogP contribution is -2.27. The van der Waals surface area contributed by atoms with E-state index in [9.17, 15) is 0 Å². The first kappa shape index (κ1) is 13.6. The van der Waals surface area contributed by atoms with Gasteiger partial charge in [0.25, 0.3) is 0 Å². The molecule has 1 aromatic heterocycles. The Hall–Kier alpha value is -0.420. The number of halogens is 1. The van der Waals surface area contributed by atoms with Gasteiger partial charge in [-0.05, 0) is 12.5 Å². The minimum Gasteiger partial charge on any atom is -0.295 e. The first-order chi connectivity index (χ1) is 7.67. The molecule has 16 heavy (non-hydrogen) atoms. The van der Waals surface area contributed by atoms with Crippen molar-refractivity contribution in [3.05, 3.63) is 12.2 Å². The average molecular weight is 289 g/mol. The Labute approximate surface area is 106 Å². The molecule has 92 valence electrons. The normalized spacial score (nSPS) is 11.6. The number of hydrogen-bond acceptors (Lipinski definition) is 3. The van der Waals surface area contributed by atoms with E-state index in [1.54, 1.807) is 6.33 Å². The third-order valence-electron chi connectivity index (χ3n) is 2.45. The van der Waals surface area contributed by atoms with E-state index in [4.69, 9.17) is 0 Å². The summed E-state index contributed by atoms with van der Waals surface area (Å²) in [5.41, 5.74) is 0. The van der Waals surface area contributed by atoms with E-state index in [0.717, 1.165) is 37.3 Å². The lowest BCUT2D eigenvalue weighted by atomic mass is 10.2. The van der Waals surface area contributed by atoms with Gasteiger partial charge >= 0.3 is 0 Å². The monoisotopic (exact) mass is 288 g/mol. The lowest BCUT2D eigenvalue weighted by molar-refractivity contribution is 0.281. The van der Waals surface area contributed by atoms with Crippen LogP contribution >= 0.6 is 15.9 Å². The molecule has 0 aliphatic rings. The van der Waals surface area contributed by atoms with Crippen molar-refractivity contribution in [1.82, 2.24) is 19.7 Å². The molecule has 1 aromatic rings. The molecule has 0 fully saturated rings. The van der Waals surface area contributed by atoms with Crippen LogP contribution in [-0.2, 0) is 13.1 Å². The Morgan fingerprint density at radius 2 is 2.25 bits per heavy atom. The fourth-order valence-corrected chi connectivity index (χ4v) is 2.08. The van der Waals surface area contributed by atoms with Gasteiger partial charge in [0.1, 0.15) is 12.2 Å². The van der Waals surface area contributed by atoms with E-state index in [2.05, 4.69) is 51.7 Å². The summed E-state index contributed by atoms with van der Waals surface area (Å²) in [5.74, 6) is 1.67. The number of nitrogens with zero attached hydrogens (tertiary/aromatic N) is 4. The van der Waals surface area contributed by atoms with Crippen molar-refractivity contribution in [3.8, 4) is 0 Å². The molecule has 0 bridgehead atoms. The summed E-state index contributed by atoms with van der Waals surface area (Å²) >= 11 is 3.47. The Morgan fingerprint density at radius 1 is 1.50 bits per heavy atom. The highest BCUT2D eigenvalue weighted by Gasteiger charge is 2.09. The van der Waals surface area contributed by atoms with Crippen LogP contribution in [0.3, 0.4) is 0 Å². The summed E-state index contributed by atoms with van der Waals surface area (Å²) in [4.78, 5) is 6.69. The number of aromatic nitrogens is 3. The minimum atomic E-state index is 0.603. The van der Waals surface area contributed by atoms with Gasteiger partial charge in [-0.25, -0.2) is 9.67 Å². The molecule has 0 radical (unpaired) electrons. The first-order valence-corrected chi connectivity index (χ1v) is 6.94. The molecule has 1 heterocycles. The van der Waals surface area contributed by atoms with Gasteiger partial charge in [-0.15, -0.1) is 0 Å². The maximum Gasteiger partial charge on any atom is 0.141 e. The van der Waals surface area contributed by atoms with E-state index >= 15 is 0 Å². The molecule has 4 nitrogen and oxygen atoms in total. The van der Waals surface area contributed by atoms with Crippen molar-refractivity contribution in [2.75, 3.05) is 18.4 Å². The highest BCUT2D eigenvalue weighted by molar-refractivity contribution is 9.09. The van der Waals surface area contributed by atoms with Crippen LogP contribution in [0.2, 0.25) is 0 Å². The average Bonchev–Trinajstić information content (AvgIpc) is 2.64. The number of rotatable bonds is 7. The van der Waals surface area contributed by atoms with Crippen molar-refractivity contribution in [2.24, 2.45) is 5.92 Å². The second-order valence-electron chi connectivity index (χ2n) is 4.31. The molecule has 0 saturated heterocycles. The van der Waals surface area contributed by atoms with Gasteiger partial charge in [-0.3, -0.25) is 4.90 Å². The largest absolute Gasteiger partial charge is 0.295 e. The summed E-state index contributed by atoms with van der Waals surface area (Å²) in [7, 11) is 0.